The Morgan fingerprint density at radius 1 is 1.00 bits per heavy atom. The lowest BCUT2D eigenvalue weighted by Gasteiger charge is -2.06. The van der Waals surface area contributed by atoms with E-state index in [2.05, 4.69) is 20.2 Å². The fraction of sp³-hybridized carbons (Fsp3) is 0. The van der Waals surface area contributed by atoms with Crippen molar-refractivity contribution < 1.29 is 14.1 Å². The van der Waals surface area contributed by atoms with Crippen LogP contribution in [0.2, 0.25) is 0 Å². The number of aromatic amines is 1. The number of benzene rings is 1. The average Bonchev–Trinajstić information content (AvgIpc) is 3.13. The van der Waals surface area contributed by atoms with E-state index >= 15 is 0 Å². The molecule has 1 N–H and O–H groups in total. The van der Waals surface area contributed by atoms with Crippen LogP contribution in [0.5, 0.6) is 11.5 Å². The molecule has 25 heavy (non-hydrogen) atoms. The molecule has 0 saturated carbocycles. The van der Waals surface area contributed by atoms with E-state index in [-0.39, 0.29) is 0 Å². The summed E-state index contributed by atoms with van der Waals surface area (Å²) in [4.78, 5) is 8.48. The van der Waals surface area contributed by atoms with Crippen LogP contribution in [0.3, 0.4) is 0 Å². The number of aromatic nitrogens is 5. The van der Waals surface area contributed by atoms with Crippen molar-refractivity contribution >= 4 is 0 Å². The molecule has 0 fully saturated rings. The molecule has 0 saturated heterocycles. The first-order chi connectivity index (χ1) is 12.3. The third-order valence-corrected chi connectivity index (χ3v) is 3.42. The zero-order valence-electron chi connectivity index (χ0n) is 13.0. The van der Waals surface area contributed by atoms with Crippen LogP contribution in [0.15, 0.2) is 73.3 Å². The van der Waals surface area contributed by atoms with Gasteiger partial charge in [0.1, 0.15) is 17.3 Å². The zero-order chi connectivity index (χ0) is 17.1. The highest BCUT2D eigenvalue weighted by molar-refractivity contribution is 5.52. The zero-order valence-corrected chi connectivity index (χ0v) is 13.0. The van der Waals surface area contributed by atoms with Crippen LogP contribution in [0, 0.1) is 5.82 Å². The Labute approximate surface area is 142 Å². The molecule has 3 heterocycles. The van der Waals surface area contributed by atoms with Gasteiger partial charge in [-0.2, -0.15) is 9.90 Å². The monoisotopic (exact) mass is 334 g/mol. The van der Waals surface area contributed by atoms with E-state index in [1.54, 1.807) is 43.0 Å². The van der Waals surface area contributed by atoms with Gasteiger partial charge in [0.25, 0.3) is 0 Å². The molecule has 0 radical (unpaired) electrons. The summed E-state index contributed by atoms with van der Waals surface area (Å²) in [5, 5.41) is 8.54. The van der Waals surface area contributed by atoms with Crippen molar-refractivity contribution in [1.82, 2.24) is 20.0 Å². The molecule has 0 unspecified atom stereocenters. The molecule has 122 valence electrons. The molecule has 1 aromatic carbocycles. The number of ether oxygens (including phenoxy) is 1. The first-order valence-corrected chi connectivity index (χ1v) is 7.57. The molecule has 0 aliphatic carbocycles. The van der Waals surface area contributed by atoms with Crippen molar-refractivity contribution in [3.05, 3.63) is 79.1 Å². The Bertz CT molecular complexity index is 989. The SMILES string of the molecule is Fc1cc(Oc2ccc[nH+]c2)cc(-n2ncc(-c3ccccn3)n2)c1. The van der Waals surface area contributed by atoms with Gasteiger partial charge >= 0.3 is 0 Å². The average molecular weight is 334 g/mol. The lowest BCUT2D eigenvalue weighted by atomic mass is 10.3. The molecule has 0 amide bonds. The van der Waals surface area contributed by atoms with Crippen molar-refractivity contribution in [3.63, 3.8) is 0 Å². The van der Waals surface area contributed by atoms with Crippen LogP contribution < -0.4 is 9.72 Å². The van der Waals surface area contributed by atoms with E-state index in [1.807, 2.05) is 18.2 Å². The molecule has 3 aromatic heterocycles. The van der Waals surface area contributed by atoms with Crippen molar-refractivity contribution in [2.45, 2.75) is 0 Å². The summed E-state index contributed by atoms with van der Waals surface area (Å²) in [5.74, 6) is 0.483. The highest BCUT2D eigenvalue weighted by Crippen LogP contribution is 2.24. The Morgan fingerprint density at radius 3 is 2.76 bits per heavy atom. The predicted molar refractivity (Wildman–Crippen MR) is 87.6 cm³/mol. The van der Waals surface area contributed by atoms with Gasteiger partial charge in [-0.3, -0.25) is 4.98 Å². The fourth-order valence-electron chi connectivity index (χ4n) is 2.32. The molecule has 0 bridgehead atoms. The van der Waals surface area contributed by atoms with Crippen molar-refractivity contribution in [2.24, 2.45) is 0 Å². The number of rotatable bonds is 4. The van der Waals surface area contributed by atoms with E-state index in [4.69, 9.17) is 4.74 Å². The van der Waals surface area contributed by atoms with Crippen molar-refractivity contribution in [3.8, 4) is 28.6 Å². The molecule has 4 aromatic rings. The van der Waals surface area contributed by atoms with Crippen LogP contribution in [-0.4, -0.2) is 20.0 Å². The van der Waals surface area contributed by atoms with Crippen LogP contribution in [-0.2, 0) is 0 Å². The molecule has 6 nitrogen and oxygen atoms in total. The highest BCUT2D eigenvalue weighted by atomic mass is 19.1. The van der Waals surface area contributed by atoms with Crippen LogP contribution in [0.1, 0.15) is 0 Å². The first kappa shape index (κ1) is 14.9. The van der Waals surface area contributed by atoms with Crippen LogP contribution in [0.4, 0.5) is 4.39 Å². The highest BCUT2D eigenvalue weighted by Gasteiger charge is 2.10. The van der Waals surface area contributed by atoms with Gasteiger partial charge in [-0.25, -0.2) is 9.37 Å². The molecular weight excluding hydrogens is 321 g/mol. The third kappa shape index (κ3) is 3.35. The van der Waals surface area contributed by atoms with Gasteiger partial charge in [0.2, 0.25) is 6.20 Å². The molecule has 0 aliphatic heterocycles. The summed E-state index contributed by atoms with van der Waals surface area (Å²) in [5.41, 5.74) is 1.75. The summed E-state index contributed by atoms with van der Waals surface area (Å²) in [6, 6.07) is 13.4. The Kier molecular flexibility index (Phi) is 3.88. The predicted octanol–water partition coefficient (Wildman–Crippen LogP) is 3.07. The second kappa shape index (κ2) is 6.48. The minimum Gasteiger partial charge on any atom is -0.451 e. The third-order valence-electron chi connectivity index (χ3n) is 3.42. The topological polar surface area (TPSA) is 67.0 Å². The normalized spacial score (nSPS) is 10.6. The lowest BCUT2D eigenvalue weighted by Crippen LogP contribution is -2.01. The number of pyridine rings is 2. The van der Waals surface area contributed by atoms with Gasteiger partial charge in [0.05, 0.1) is 17.6 Å². The van der Waals surface area contributed by atoms with Gasteiger partial charge in [-0.15, -0.1) is 5.10 Å². The second-order valence-electron chi connectivity index (χ2n) is 5.22. The number of hydrogen-bond acceptors (Lipinski definition) is 4. The number of H-pyrrole nitrogens is 1. The van der Waals surface area contributed by atoms with E-state index in [0.717, 1.165) is 0 Å². The summed E-state index contributed by atoms with van der Waals surface area (Å²) in [6.45, 7) is 0. The maximum Gasteiger partial charge on any atom is 0.210 e. The van der Waals surface area contributed by atoms with Crippen molar-refractivity contribution in [1.29, 1.82) is 0 Å². The van der Waals surface area contributed by atoms with Gasteiger partial charge in [-0.05, 0) is 18.2 Å². The summed E-state index contributed by atoms with van der Waals surface area (Å²) >= 11 is 0. The largest absolute Gasteiger partial charge is 0.451 e. The van der Waals surface area contributed by atoms with Gasteiger partial charge in [0, 0.05) is 30.5 Å². The van der Waals surface area contributed by atoms with E-state index in [1.165, 1.54) is 16.9 Å². The van der Waals surface area contributed by atoms with Gasteiger partial charge in [-0.1, -0.05) is 6.07 Å². The molecule has 0 aliphatic rings. The van der Waals surface area contributed by atoms with E-state index in [9.17, 15) is 4.39 Å². The fourth-order valence-corrected chi connectivity index (χ4v) is 2.32. The summed E-state index contributed by atoms with van der Waals surface area (Å²) in [7, 11) is 0. The standard InChI is InChI=1S/C18H12FN5O/c19-13-8-14(10-16(9-13)25-15-4-3-6-20-11-15)24-22-12-18(23-24)17-5-1-2-7-21-17/h1-12H/p+1. The number of halogens is 1. The maximum atomic E-state index is 14.0. The smallest absolute Gasteiger partial charge is 0.210 e. The Balaban J connectivity index is 1.66. The number of hydrogen-bond donors (Lipinski definition) is 0. The maximum absolute atomic E-state index is 14.0. The van der Waals surface area contributed by atoms with E-state index < -0.39 is 5.82 Å². The Morgan fingerprint density at radius 2 is 1.96 bits per heavy atom. The van der Waals surface area contributed by atoms with Crippen molar-refractivity contribution in [2.75, 3.05) is 0 Å². The summed E-state index contributed by atoms with van der Waals surface area (Å²) < 4.78 is 19.6. The molecule has 0 spiro atoms. The molecule has 7 heteroatoms. The number of nitrogens with one attached hydrogen (secondary N) is 1. The number of nitrogens with zero attached hydrogens (tertiary/aromatic N) is 4. The van der Waals surface area contributed by atoms with Crippen LogP contribution in [0.25, 0.3) is 17.1 Å². The minimum absolute atomic E-state index is 0.353. The first-order valence-electron chi connectivity index (χ1n) is 7.57. The molecule has 4 rings (SSSR count). The van der Waals surface area contributed by atoms with Gasteiger partial charge in [0.15, 0.2) is 11.9 Å². The Hall–Kier alpha value is -3.61. The minimum atomic E-state index is -0.441. The lowest BCUT2D eigenvalue weighted by molar-refractivity contribution is -0.378. The van der Waals surface area contributed by atoms with Gasteiger partial charge < -0.3 is 4.74 Å². The van der Waals surface area contributed by atoms with E-state index in [0.29, 0.717) is 28.6 Å². The molecule has 0 atom stereocenters. The van der Waals surface area contributed by atoms with Crippen LogP contribution >= 0.6 is 0 Å². The molecular formula is C18H13FN5O+. The summed E-state index contributed by atoms with van der Waals surface area (Å²) in [6.07, 6.45) is 6.70. The second-order valence-corrected chi connectivity index (χ2v) is 5.22. The quantitative estimate of drug-likeness (QED) is 0.575.